The van der Waals surface area contributed by atoms with Gasteiger partial charge in [0, 0.05) is 36.8 Å². The van der Waals surface area contributed by atoms with Gasteiger partial charge in [-0.1, -0.05) is 35.9 Å². The van der Waals surface area contributed by atoms with Crippen molar-refractivity contribution in [2.45, 2.75) is 19.3 Å². The number of anilines is 1. The van der Waals surface area contributed by atoms with Crippen molar-refractivity contribution in [1.82, 2.24) is 14.9 Å². The first-order chi connectivity index (χ1) is 14.1. The molecular weight excluding hydrogens is 388 g/mol. The summed E-state index contributed by atoms with van der Waals surface area (Å²) in [4.78, 5) is 35.6. The topological polar surface area (TPSA) is 75.2 Å². The van der Waals surface area contributed by atoms with Crippen molar-refractivity contribution >= 4 is 40.1 Å². The van der Waals surface area contributed by atoms with Crippen molar-refractivity contribution in [2.75, 3.05) is 18.4 Å². The number of carbonyl (C=O) groups is 2. The number of piperidine rings is 1. The number of rotatable bonds is 4. The summed E-state index contributed by atoms with van der Waals surface area (Å²) >= 11 is 5.82. The predicted molar refractivity (Wildman–Crippen MR) is 113 cm³/mol. The Bertz CT molecular complexity index is 1030. The van der Waals surface area contributed by atoms with Crippen LogP contribution in [0.3, 0.4) is 0 Å². The smallest absolute Gasteiger partial charge is 0.228 e. The second-order valence-electron chi connectivity index (χ2n) is 7.18. The molecule has 0 unspecified atom stereocenters. The molecule has 0 spiro atoms. The molecule has 0 saturated carbocycles. The van der Waals surface area contributed by atoms with Gasteiger partial charge >= 0.3 is 0 Å². The lowest BCUT2D eigenvalue weighted by atomic mass is 9.95. The highest BCUT2D eigenvalue weighted by Gasteiger charge is 2.27. The minimum Gasteiger partial charge on any atom is -0.342 e. The van der Waals surface area contributed by atoms with Crippen LogP contribution in [0.2, 0.25) is 5.02 Å². The minimum absolute atomic E-state index is 0.0647. The second-order valence-corrected chi connectivity index (χ2v) is 7.61. The normalized spacial score (nSPS) is 14.7. The van der Waals surface area contributed by atoms with E-state index in [0.29, 0.717) is 43.2 Å². The van der Waals surface area contributed by atoms with E-state index in [0.717, 1.165) is 16.5 Å². The summed E-state index contributed by atoms with van der Waals surface area (Å²) in [5, 5.41) is 4.38. The highest BCUT2D eigenvalue weighted by atomic mass is 35.5. The Balaban J connectivity index is 1.33. The van der Waals surface area contributed by atoms with Crippen molar-refractivity contribution in [1.29, 1.82) is 0 Å². The van der Waals surface area contributed by atoms with E-state index in [2.05, 4.69) is 15.3 Å². The Morgan fingerprint density at radius 3 is 2.62 bits per heavy atom. The molecule has 1 aliphatic rings. The van der Waals surface area contributed by atoms with E-state index in [1.165, 1.54) is 6.20 Å². The highest BCUT2D eigenvalue weighted by Crippen LogP contribution is 2.22. The van der Waals surface area contributed by atoms with Gasteiger partial charge < -0.3 is 10.2 Å². The first-order valence-electron chi connectivity index (χ1n) is 9.63. The van der Waals surface area contributed by atoms with Crippen LogP contribution in [0.4, 0.5) is 5.82 Å². The fourth-order valence-electron chi connectivity index (χ4n) is 3.65. The van der Waals surface area contributed by atoms with Crippen LogP contribution in [-0.4, -0.2) is 39.8 Å². The lowest BCUT2D eigenvalue weighted by Crippen LogP contribution is -2.42. The number of fused-ring (bicyclic) bond motifs is 1. The fraction of sp³-hybridized carbons (Fsp3) is 0.273. The molecule has 7 heteroatoms. The van der Waals surface area contributed by atoms with Crippen molar-refractivity contribution in [3.63, 3.8) is 0 Å². The third-order valence-corrected chi connectivity index (χ3v) is 5.48. The molecule has 1 aromatic carbocycles. The summed E-state index contributed by atoms with van der Waals surface area (Å²) in [6, 6.07) is 13.2. The van der Waals surface area contributed by atoms with E-state index in [-0.39, 0.29) is 17.7 Å². The Morgan fingerprint density at radius 1 is 1.07 bits per heavy atom. The van der Waals surface area contributed by atoms with Crippen molar-refractivity contribution in [3.8, 4) is 0 Å². The number of benzene rings is 1. The molecule has 0 bridgehead atoms. The molecule has 148 valence electrons. The number of likely N-dealkylation sites (tertiary alicyclic amines) is 1. The maximum absolute atomic E-state index is 12.8. The average molecular weight is 409 g/mol. The summed E-state index contributed by atoms with van der Waals surface area (Å²) in [6.07, 6.45) is 4.84. The third kappa shape index (κ3) is 4.54. The number of pyridine rings is 2. The molecule has 0 atom stereocenters. The fourth-order valence-corrected chi connectivity index (χ4v) is 3.77. The number of aromatic nitrogens is 2. The molecule has 0 aliphatic carbocycles. The number of carbonyl (C=O) groups excluding carboxylic acids is 2. The molecule has 3 heterocycles. The summed E-state index contributed by atoms with van der Waals surface area (Å²) < 4.78 is 0. The van der Waals surface area contributed by atoms with Crippen LogP contribution < -0.4 is 5.32 Å². The van der Waals surface area contributed by atoms with Crippen LogP contribution in [0, 0.1) is 5.92 Å². The van der Waals surface area contributed by atoms with Gasteiger partial charge in [-0.15, -0.1) is 0 Å². The Morgan fingerprint density at radius 2 is 1.86 bits per heavy atom. The first-order valence-corrected chi connectivity index (χ1v) is 10.0. The Hall–Kier alpha value is -2.99. The molecule has 2 amide bonds. The number of para-hydroxylation sites is 1. The van der Waals surface area contributed by atoms with Crippen molar-refractivity contribution in [3.05, 3.63) is 65.4 Å². The number of halogens is 1. The Labute approximate surface area is 173 Å². The number of amides is 2. The molecule has 1 saturated heterocycles. The number of nitrogens with one attached hydrogen (secondary N) is 1. The van der Waals surface area contributed by atoms with Gasteiger partial charge in [0.2, 0.25) is 11.8 Å². The number of hydrogen-bond acceptors (Lipinski definition) is 4. The standard InChI is InChI=1S/C22H21ClN4O2/c23-18-6-7-19(25-14-18)26-22(29)16-8-11-27(12-9-16)20(28)13-17-4-1-3-15-5-2-10-24-21(15)17/h1-7,10,14,16H,8-9,11-13H2,(H,25,26,29). The van der Waals surface area contributed by atoms with E-state index >= 15 is 0 Å². The van der Waals surface area contributed by atoms with Crippen molar-refractivity contribution in [2.24, 2.45) is 5.92 Å². The molecule has 0 radical (unpaired) electrons. The van der Waals surface area contributed by atoms with E-state index in [1.54, 1.807) is 18.3 Å². The molecule has 3 aromatic rings. The summed E-state index contributed by atoms with van der Waals surface area (Å²) in [5.41, 5.74) is 1.80. The molecule has 29 heavy (non-hydrogen) atoms. The Kier molecular flexibility index (Phi) is 5.71. The zero-order valence-electron chi connectivity index (χ0n) is 15.8. The minimum atomic E-state index is -0.129. The maximum atomic E-state index is 12.8. The van der Waals surface area contributed by atoms with Crippen molar-refractivity contribution < 1.29 is 9.59 Å². The van der Waals surface area contributed by atoms with Gasteiger partial charge in [-0.25, -0.2) is 4.98 Å². The second kappa shape index (κ2) is 8.57. The maximum Gasteiger partial charge on any atom is 0.228 e. The van der Waals surface area contributed by atoms with Crippen LogP contribution in [-0.2, 0) is 16.0 Å². The molecule has 6 nitrogen and oxygen atoms in total. The van der Waals surface area contributed by atoms with Crippen LogP contribution in [0.5, 0.6) is 0 Å². The van der Waals surface area contributed by atoms with Crippen LogP contribution in [0.15, 0.2) is 54.9 Å². The molecule has 1 fully saturated rings. The molecule has 4 rings (SSSR count). The van der Waals surface area contributed by atoms with Gasteiger partial charge in [0.1, 0.15) is 5.82 Å². The van der Waals surface area contributed by atoms with Gasteiger partial charge in [-0.3, -0.25) is 14.6 Å². The van der Waals surface area contributed by atoms with Gasteiger partial charge in [0.05, 0.1) is 17.0 Å². The molecule has 2 aromatic heterocycles. The highest BCUT2D eigenvalue weighted by molar-refractivity contribution is 6.30. The van der Waals surface area contributed by atoms with Crippen LogP contribution >= 0.6 is 11.6 Å². The number of hydrogen-bond donors (Lipinski definition) is 1. The average Bonchev–Trinajstić information content (AvgIpc) is 2.75. The van der Waals surface area contributed by atoms with Gasteiger partial charge in [-0.05, 0) is 36.6 Å². The monoisotopic (exact) mass is 408 g/mol. The lowest BCUT2D eigenvalue weighted by Gasteiger charge is -2.31. The third-order valence-electron chi connectivity index (χ3n) is 5.26. The van der Waals surface area contributed by atoms with Crippen LogP contribution in [0.25, 0.3) is 10.9 Å². The zero-order valence-corrected chi connectivity index (χ0v) is 16.6. The van der Waals surface area contributed by atoms with Gasteiger partial charge in [-0.2, -0.15) is 0 Å². The SMILES string of the molecule is O=C(Nc1ccc(Cl)cn1)C1CCN(C(=O)Cc2cccc3cccnc23)CC1. The van der Waals surface area contributed by atoms with E-state index in [1.807, 2.05) is 35.2 Å². The quantitative estimate of drug-likeness (QED) is 0.714. The largest absolute Gasteiger partial charge is 0.342 e. The molecular formula is C22H21ClN4O2. The first kappa shape index (κ1) is 19.3. The summed E-state index contributed by atoms with van der Waals surface area (Å²) in [6.45, 7) is 1.15. The van der Waals surface area contributed by atoms with E-state index in [9.17, 15) is 9.59 Å². The summed E-state index contributed by atoms with van der Waals surface area (Å²) in [7, 11) is 0. The zero-order chi connectivity index (χ0) is 20.2. The van der Waals surface area contributed by atoms with Crippen LogP contribution in [0.1, 0.15) is 18.4 Å². The lowest BCUT2D eigenvalue weighted by molar-refractivity contribution is -0.133. The van der Waals surface area contributed by atoms with Gasteiger partial charge in [0.15, 0.2) is 0 Å². The molecule has 1 aliphatic heterocycles. The van der Waals surface area contributed by atoms with E-state index in [4.69, 9.17) is 11.6 Å². The predicted octanol–water partition coefficient (Wildman–Crippen LogP) is 3.70. The number of nitrogens with zero attached hydrogens (tertiary/aromatic N) is 3. The molecule has 1 N–H and O–H groups in total. The van der Waals surface area contributed by atoms with E-state index < -0.39 is 0 Å². The summed E-state index contributed by atoms with van der Waals surface area (Å²) in [5.74, 6) is 0.365. The van der Waals surface area contributed by atoms with Gasteiger partial charge in [0.25, 0.3) is 0 Å².